The normalized spacial score (nSPS) is 16.9. The largest absolute Gasteiger partial charge is 0.309 e. The molecule has 2 unspecified atom stereocenters. The van der Waals surface area contributed by atoms with Crippen molar-refractivity contribution in [3.05, 3.63) is 78.6 Å². The van der Waals surface area contributed by atoms with E-state index in [4.69, 9.17) is 0 Å². The van der Waals surface area contributed by atoms with Gasteiger partial charge in [-0.1, -0.05) is 6.07 Å². The highest BCUT2D eigenvalue weighted by Crippen LogP contribution is 2.34. The molecule has 5 rings (SSSR count). The van der Waals surface area contributed by atoms with Gasteiger partial charge in [-0.15, -0.1) is 22.7 Å². The summed E-state index contributed by atoms with van der Waals surface area (Å²) >= 11 is 3.14. The van der Waals surface area contributed by atoms with Gasteiger partial charge in [0.2, 0.25) is 0 Å². The minimum Gasteiger partial charge on any atom is -0.309 e. The first kappa shape index (κ1) is 21.4. The maximum Gasteiger partial charge on any atom is 0.262 e. The van der Waals surface area contributed by atoms with Gasteiger partial charge >= 0.3 is 0 Å². The van der Waals surface area contributed by atoms with Crippen molar-refractivity contribution >= 4 is 32.9 Å². The summed E-state index contributed by atoms with van der Waals surface area (Å²) in [5.74, 6) is -1.11. The van der Waals surface area contributed by atoms with E-state index in [9.17, 15) is 13.6 Å². The third-order valence-corrected chi connectivity index (χ3v) is 8.03. The Hall–Kier alpha value is -2.49. The second kappa shape index (κ2) is 8.46. The lowest BCUT2D eigenvalue weighted by Crippen LogP contribution is -2.34. The highest BCUT2D eigenvalue weighted by Gasteiger charge is 2.26. The van der Waals surface area contributed by atoms with Crippen LogP contribution < -0.4 is 10.9 Å². The Morgan fingerprint density at radius 1 is 1.34 bits per heavy atom. The SMILES string of the molecule is Cc1nc(C(C)n2cnc3sc4c(c3c2=O)CCC(NCc2ccc(F)cc2F)C4)cs1. The molecule has 1 aliphatic carbocycles. The van der Waals surface area contributed by atoms with E-state index < -0.39 is 11.6 Å². The molecule has 0 radical (unpaired) electrons. The van der Waals surface area contributed by atoms with Crippen molar-refractivity contribution in [3.8, 4) is 0 Å². The fraction of sp³-hybridized carbons (Fsp3) is 0.348. The molecule has 0 spiro atoms. The van der Waals surface area contributed by atoms with Crippen molar-refractivity contribution < 1.29 is 8.78 Å². The van der Waals surface area contributed by atoms with Crippen LogP contribution in [-0.2, 0) is 19.4 Å². The summed E-state index contributed by atoms with van der Waals surface area (Å²) in [6, 6.07) is 3.65. The van der Waals surface area contributed by atoms with E-state index in [2.05, 4.69) is 15.3 Å². The summed E-state index contributed by atoms with van der Waals surface area (Å²) in [4.78, 5) is 24.4. The van der Waals surface area contributed by atoms with Crippen molar-refractivity contribution in [2.75, 3.05) is 0 Å². The van der Waals surface area contributed by atoms with Crippen molar-refractivity contribution in [3.63, 3.8) is 0 Å². The standard InChI is InChI=1S/C23H22F2N4OS2/c1-12(19-10-31-13(2)28-19)29-11-27-22-21(23(29)30)17-6-5-16(8-20(17)32-22)26-9-14-3-4-15(24)7-18(14)25/h3-4,7,10-12,16,26H,5-6,8-9H2,1-2H3. The Bertz CT molecular complexity index is 1360. The van der Waals surface area contributed by atoms with Gasteiger partial charge in [-0.2, -0.15) is 0 Å². The first-order valence-electron chi connectivity index (χ1n) is 10.5. The smallest absolute Gasteiger partial charge is 0.262 e. The molecule has 0 saturated heterocycles. The van der Waals surface area contributed by atoms with E-state index in [1.165, 1.54) is 12.1 Å². The van der Waals surface area contributed by atoms with Gasteiger partial charge in [0, 0.05) is 34.5 Å². The number of aromatic nitrogens is 3. The Morgan fingerprint density at radius 3 is 2.94 bits per heavy atom. The van der Waals surface area contributed by atoms with Gasteiger partial charge in [0.05, 0.1) is 28.5 Å². The van der Waals surface area contributed by atoms with Crippen LogP contribution in [0.25, 0.3) is 10.2 Å². The number of fused-ring (bicyclic) bond motifs is 3. The number of benzene rings is 1. The average Bonchev–Trinajstić information content (AvgIpc) is 3.36. The summed E-state index contributed by atoms with van der Waals surface area (Å²) in [7, 11) is 0. The zero-order valence-electron chi connectivity index (χ0n) is 17.7. The molecule has 9 heteroatoms. The van der Waals surface area contributed by atoms with Gasteiger partial charge in [-0.05, 0) is 44.7 Å². The molecule has 0 amide bonds. The van der Waals surface area contributed by atoms with E-state index >= 15 is 0 Å². The molecule has 0 aliphatic heterocycles. The van der Waals surface area contributed by atoms with Crippen LogP contribution >= 0.6 is 22.7 Å². The molecule has 3 aromatic heterocycles. The molecule has 0 saturated carbocycles. The number of aryl methyl sites for hydroxylation is 2. The van der Waals surface area contributed by atoms with Crippen molar-refractivity contribution in [1.29, 1.82) is 0 Å². The second-order valence-corrected chi connectivity index (χ2v) is 10.3. The quantitative estimate of drug-likeness (QED) is 0.455. The second-order valence-electron chi connectivity index (χ2n) is 8.16. The Morgan fingerprint density at radius 2 is 2.19 bits per heavy atom. The molecule has 2 atom stereocenters. The maximum atomic E-state index is 13.9. The van der Waals surface area contributed by atoms with Crippen LogP contribution in [0, 0.1) is 18.6 Å². The van der Waals surface area contributed by atoms with E-state index in [0.29, 0.717) is 17.5 Å². The third kappa shape index (κ3) is 3.89. The Balaban J connectivity index is 1.38. The first-order chi connectivity index (χ1) is 15.4. The van der Waals surface area contributed by atoms with Gasteiger partial charge in [-0.3, -0.25) is 9.36 Å². The average molecular weight is 473 g/mol. The number of thiophene rings is 1. The Kier molecular flexibility index (Phi) is 5.65. The van der Waals surface area contributed by atoms with Gasteiger partial charge < -0.3 is 5.32 Å². The summed E-state index contributed by atoms with van der Waals surface area (Å²) in [6.45, 7) is 4.26. The molecule has 1 aliphatic rings. The lowest BCUT2D eigenvalue weighted by molar-refractivity contribution is 0.454. The number of hydrogen-bond acceptors (Lipinski definition) is 6. The monoisotopic (exact) mass is 472 g/mol. The van der Waals surface area contributed by atoms with Gasteiger partial charge in [0.1, 0.15) is 16.5 Å². The fourth-order valence-corrected chi connectivity index (χ4v) is 6.22. The van der Waals surface area contributed by atoms with Gasteiger partial charge in [0.15, 0.2) is 0 Å². The van der Waals surface area contributed by atoms with Crippen LogP contribution in [0.1, 0.15) is 46.1 Å². The summed E-state index contributed by atoms with van der Waals surface area (Å²) < 4.78 is 28.7. The molecule has 0 bridgehead atoms. The van der Waals surface area contributed by atoms with Crippen molar-refractivity contribution in [2.45, 2.75) is 51.7 Å². The van der Waals surface area contributed by atoms with E-state index in [0.717, 1.165) is 51.3 Å². The molecule has 166 valence electrons. The topological polar surface area (TPSA) is 59.8 Å². The lowest BCUT2D eigenvalue weighted by Gasteiger charge is -2.23. The van der Waals surface area contributed by atoms with E-state index in [1.807, 2.05) is 19.2 Å². The molecule has 1 N–H and O–H groups in total. The fourth-order valence-electron chi connectivity index (χ4n) is 4.26. The van der Waals surface area contributed by atoms with Crippen LogP contribution in [0.3, 0.4) is 0 Å². The van der Waals surface area contributed by atoms with Crippen molar-refractivity contribution in [2.24, 2.45) is 0 Å². The predicted octanol–water partition coefficient (Wildman–Crippen LogP) is 4.76. The highest BCUT2D eigenvalue weighted by atomic mass is 32.1. The zero-order valence-corrected chi connectivity index (χ0v) is 19.3. The first-order valence-corrected chi connectivity index (χ1v) is 12.2. The lowest BCUT2D eigenvalue weighted by atomic mass is 9.93. The van der Waals surface area contributed by atoms with Gasteiger partial charge in [-0.25, -0.2) is 18.7 Å². The molecular weight excluding hydrogens is 450 g/mol. The Labute approximate surface area is 191 Å². The predicted molar refractivity (Wildman–Crippen MR) is 124 cm³/mol. The van der Waals surface area contributed by atoms with Crippen LogP contribution in [0.4, 0.5) is 8.78 Å². The summed E-state index contributed by atoms with van der Waals surface area (Å²) in [5, 5.41) is 7.06. The zero-order chi connectivity index (χ0) is 22.4. The highest BCUT2D eigenvalue weighted by molar-refractivity contribution is 7.18. The molecular formula is C23H22F2N4OS2. The van der Waals surface area contributed by atoms with Crippen LogP contribution in [0.2, 0.25) is 0 Å². The molecule has 4 aromatic rings. The third-order valence-electron chi connectivity index (χ3n) is 6.07. The molecule has 3 heterocycles. The van der Waals surface area contributed by atoms with Gasteiger partial charge in [0.25, 0.3) is 5.56 Å². The van der Waals surface area contributed by atoms with Crippen LogP contribution in [-0.4, -0.2) is 20.6 Å². The number of rotatable bonds is 5. The van der Waals surface area contributed by atoms with E-state index in [1.54, 1.807) is 33.6 Å². The minimum absolute atomic E-state index is 0.0227. The number of thiazole rings is 1. The number of hydrogen-bond donors (Lipinski definition) is 1. The van der Waals surface area contributed by atoms with E-state index in [-0.39, 0.29) is 17.6 Å². The van der Waals surface area contributed by atoms with Crippen LogP contribution in [0.5, 0.6) is 0 Å². The minimum atomic E-state index is -0.573. The van der Waals surface area contributed by atoms with Crippen molar-refractivity contribution in [1.82, 2.24) is 19.9 Å². The van der Waals surface area contributed by atoms with Crippen LogP contribution in [0.15, 0.2) is 34.7 Å². The summed E-state index contributed by atoms with van der Waals surface area (Å²) in [6.07, 6.45) is 4.00. The number of halogens is 2. The molecule has 0 fully saturated rings. The number of nitrogens with zero attached hydrogens (tertiary/aromatic N) is 3. The molecule has 5 nitrogen and oxygen atoms in total. The number of nitrogens with one attached hydrogen (secondary N) is 1. The summed E-state index contributed by atoms with van der Waals surface area (Å²) in [5.41, 5.74) is 2.39. The molecule has 32 heavy (non-hydrogen) atoms. The maximum absolute atomic E-state index is 13.9. The molecule has 1 aromatic carbocycles.